The molecule has 140 valence electrons. The van der Waals surface area contributed by atoms with Gasteiger partial charge in [-0.05, 0) is 55.3 Å². The van der Waals surface area contributed by atoms with Gasteiger partial charge in [0.2, 0.25) is 5.91 Å². The van der Waals surface area contributed by atoms with Gasteiger partial charge in [0.05, 0.1) is 5.69 Å². The minimum Gasteiger partial charge on any atom is -0.352 e. The number of hydrogen-bond donors (Lipinski definition) is 2. The Morgan fingerprint density at radius 3 is 2.96 bits per heavy atom. The second-order valence-corrected chi connectivity index (χ2v) is 6.66. The van der Waals surface area contributed by atoms with E-state index < -0.39 is 0 Å². The van der Waals surface area contributed by atoms with Gasteiger partial charge in [-0.15, -0.1) is 0 Å². The van der Waals surface area contributed by atoms with E-state index in [0.29, 0.717) is 12.2 Å². The predicted octanol–water partition coefficient (Wildman–Crippen LogP) is 3.26. The van der Waals surface area contributed by atoms with E-state index in [1.807, 2.05) is 60.2 Å². The fourth-order valence-corrected chi connectivity index (χ4v) is 3.39. The topological polar surface area (TPSA) is 76.0 Å². The van der Waals surface area contributed by atoms with Crippen LogP contribution in [0.4, 0.5) is 5.69 Å². The molecule has 3 aromatic rings. The van der Waals surface area contributed by atoms with Crippen molar-refractivity contribution in [3.8, 4) is 16.9 Å². The molecule has 2 aromatic carbocycles. The molecule has 2 heterocycles. The van der Waals surface area contributed by atoms with Crippen LogP contribution in [0.15, 0.2) is 61.3 Å². The lowest BCUT2D eigenvalue weighted by molar-refractivity contribution is -0.111. The molecule has 0 saturated carbocycles. The number of imidazole rings is 1. The standard InChI is InChI=1S/C22H20N4O2/c1-3-21(27)25-17-6-4-5-16(11-17)20-13-26(14(2)24-20)18-7-8-19-15(12-18)9-10-23-22(19)28/h3-8,11-13H,1,9-10H2,2H3,(H,23,28)(H,25,27). The minimum atomic E-state index is -0.253. The number of hydrogen-bond acceptors (Lipinski definition) is 3. The number of carbonyl (C=O) groups is 2. The number of anilines is 1. The molecule has 1 aromatic heterocycles. The third-order valence-electron chi connectivity index (χ3n) is 4.79. The van der Waals surface area contributed by atoms with Crippen molar-refractivity contribution in [2.24, 2.45) is 0 Å². The van der Waals surface area contributed by atoms with E-state index in [0.717, 1.165) is 40.3 Å². The summed E-state index contributed by atoms with van der Waals surface area (Å²) >= 11 is 0. The number of aryl methyl sites for hydroxylation is 1. The molecule has 28 heavy (non-hydrogen) atoms. The van der Waals surface area contributed by atoms with Crippen molar-refractivity contribution in [3.63, 3.8) is 0 Å². The lowest BCUT2D eigenvalue weighted by atomic mass is 10.00. The van der Waals surface area contributed by atoms with Crippen LogP contribution in [-0.2, 0) is 11.2 Å². The van der Waals surface area contributed by atoms with Gasteiger partial charge in [0, 0.05) is 35.2 Å². The molecule has 0 unspecified atom stereocenters. The molecule has 6 nitrogen and oxygen atoms in total. The van der Waals surface area contributed by atoms with Crippen LogP contribution in [0.3, 0.4) is 0 Å². The first-order valence-corrected chi connectivity index (χ1v) is 9.06. The summed E-state index contributed by atoms with van der Waals surface area (Å²) in [7, 11) is 0. The lowest BCUT2D eigenvalue weighted by Crippen LogP contribution is -2.31. The van der Waals surface area contributed by atoms with E-state index in [1.165, 1.54) is 6.08 Å². The highest BCUT2D eigenvalue weighted by Gasteiger charge is 2.17. The van der Waals surface area contributed by atoms with E-state index in [1.54, 1.807) is 0 Å². The van der Waals surface area contributed by atoms with E-state index in [4.69, 9.17) is 0 Å². The zero-order chi connectivity index (χ0) is 19.7. The van der Waals surface area contributed by atoms with E-state index in [2.05, 4.69) is 22.2 Å². The molecule has 0 radical (unpaired) electrons. The van der Waals surface area contributed by atoms with Crippen molar-refractivity contribution in [1.29, 1.82) is 0 Å². The quantitative estimate of drug-likeness (QED) is 0.690. The summed E-state index contributed by atoms with van der Waals surface area (Å²) in [6, 6.07) is 13.4. The lowest BCUT2D eigenvalue weighted by Gasteiger charge is -2.17. The molecule has 0 saturated heterocycles. The molecule has 1 aliphatic rings. The zero-order valence-corrected chi connectivity index (χ0v) is 15.5. The first-order valence-electron chi connectivity index (χ1n) is 9.06. The molecule has 0 fully saturated rings. The fraction of sp³-hybridized carbons (Fsp3) is 0.136. The summed E-state index contributed by atoms with van der Waals surface area (Å²) in [5, 5.41) is 5.63. The van der Waals surface area contributed by atoms with Gasteiger partial charge in [0.15, 0.2) is 0 Å². The average Bonchev–Trinajstić information content (AvgIpc) is 3.10. The van der Waals surface area contributed by atoms with Crippen LogP contribution in [0.1, 0.15) is 21.7 Å². The molecule has 0 aliphatic carbocycles. The van der Waals surface area contributed by atoms with Gasteiger partial charge in [-0.3, -0.25) is 9.59 Å². The van der Waals surface area contributed by atoms with E-state index in [-0.39, 0.29) is 11.8 Å². The maximum Gasteiger partial charge on any atom is 0.251 e. The Kier molecular flexibility index (Phi) is 4.53. The smallest absolute Gasteiger partial charge is 0.251 e. The molecular weight excluding hydrogens is 352 g/mol. The number of benzene rings is 2. The maximum absolute atomic E-state index is 12.0. The fourth-order valence-electron chi connectivity index (χ4n) is 3.39. The van der Waals surface area contributed by atoms with Crippen molar-refractivity contribution >= 4 is 17.5 Å². The van der Waals surface area contributed by atoms with Crippen LogP contribution in [0, 0.1) is 6.92 Å². The Morgan fingerprint density at radius 2 is 2.14 bits per heavy atom. The van der Waals surface area contributed by atoms with Gasteiger partial charge >= 0.3 is 0 Å². The van der Waals surface area contributed by atoms with Gasteiger partial charge < -0.3 is 15.2 Å². The SMILES string of the molecule is C=CC(=O)Nc1cccc(-c2cn(-c3ccc4c(c3)CCNC4=O)c(C)n2)c1. The first kappa shape index (κ1) is 17.7. The third kappa shape index (κ3) is 3.32. The van der Waals surface area contributed by atoms with Gasteiger partial charge in [0.25, 0.3) is 5.91 Å². The minimum absolute atomic E-state index is 0.0192. The van der Waals surface area contributed by atoms with Crippen molar-refractivity contribution in [1.82, 2.24) is 14.9 Å². The number of carbonyl (C=O) groups excluding carboxylic acids is 2. The van der Waals surface area contributed by atoms with Crippen molar-refractivity contribution in [3.05, 3.63) is 78.3 Å². The maximum atomic E-state index is 12.0. The van der Waals surface area contributed by atoms with E-state index in [9.17, 15) is 9.59 Å². The van der Waals surface area contributed by atoms with Gasteiger partial charge in [-0.1, -0.05) is 18.7 Å². The Morgan fingerprint density at radius 1 is 1.29 bits per heavy atom. The van der Waals surface area contributed by atoms with Crippen LogP contribution in [0.2, 0.25) is 0 Å². The highest BCUT2D eigenvalue weighted by Crippen LogP contribution is 2.25. The molecule has 0 bridgehead atoms. The molecule has 1 aliphatic heterocycles. The largest absolute Gasteiger partial charge is 0.352 e. The van der Waals surface area contributed by atoms with Crippen molar-refractivity contribution in [2.45, 2.75) is 13.3 Å². The Bertz CT molecular complexity index is 1100. The monoisotopic (exact) mass is 372 g/mol. The molecular formula is C22H20N4O2. The highest BCUT2D eigenvalue weighted by atomic mass is 16.2. The second kappa shape index (κ2) is 7.15. The second-order valence-electron chi connectivity index (χ2n) is 6.66. The summed E-state index contributed by atoms with van der Waals surface area (Å²) < 4.78 is 2.01. The molecule has 6 heteroatoms. The number of amides is 2. The molecule has 2 amide bonds. The molecule has 0 atom stereocenters. The Labute approximate surface area is 162 Å². The van der Waals surface area contributed by atoms with Crippen molar-refractivity contribution in [2.75, 3.05) is 11.9 Å². The number of aromatic nitrogens is 2. The normalized spacial score (nSPS) is 12.8. The summed E-state index contributed by atoms with van der Waals surface area (Å²) in [4.78, 5) is 28.2. The van der Waals surface area contributed by atoms with Crippen LogP contribution >= 0.6 is 0 Å². The van der Waals surface area contributed by atoms with Crippen LogP contribution < -0.4 is 10.6 Å². The highest BCUT2D eigenvalue weighted by molar-refractivity contribution is 5.99. The number of nitrogens with one attached hydrogen (secondary N) is 2. The number of nitrogens with zero attached hydrogens (tertiary/aromatic N) is 2. The Hall–Kier alpha value is -3.67. The predicted molar refractivity (Wildman–Crippen MR) is 109 cm³/mol. The van der Waals surface area contributed by atoms with Gasteiger partial charge in [-0.2, -0.15) is 0 Å². The van der Waals surface area contributed by atoms with Crippen LogP contribution in [0.25, 0.3) is 16.9 Å². The molecule has 2 N–H and O–H groups in total. The molecule has 0 spiro atoms. The Balaban J connectivity index is 1.68. The average molecular weight is 372 g/mol. The van der Waals surface area contributed by atoms with Crippen LogP contribution in [0.5, 0.6) is 0 Å². The first-order chi connectivity index (χ1) is 13.5. The molecule has 4 rings (SSSR count). The summed E-state index contributed by atoms with van der Waals surface area (Å²) in [5.41, 5.74) is 5.16. The number of rotatable bonds is 4. The van der Waals surface area contributed by atoms with Crippen LogP contribution in [-0.4, -0.2) is 27.9 Å². The van der Waals surface area contributed by atoms with Gasteiger partial charge in [-0.25, -0.2) is 4.98 Å². The van der Waals surface area contributed by atoms with Crippen molar-refractivity contribution < 1.29 is 9.59 Å². The van der Waals surface area contributed by atoms with E-state index >= 15 is 0 Å². The third-order valence-corrected chi connectivity index (χ3v) is 4.79. The van der Waals surface area contributed by atoms with Gasteiger partial charge in [0.1, 0.15) is 5.82 Å². The number of fused-ring (bicyclic) bond motifs is 1. The zero-order valence-electron chi connectivity index (χ0n) is 15.5. The summed E-state index contributed by atoms with van der Waals surface area (Å²) in [6.07, 6.45) is 4.02. The summed E-state index contributed by atoms with van der Waals surface area (Å²) in [6.45, 7) is 6.07. The summed E-state index contributed by atoms with van der Waals surface area (Å²) in [5.74, 6) is 0.571.